The average Bonchev–Trinajstić information content (AvgIpc) is 2.95. The number of carbonyl (C=O) groups excluding carboxylic acids is 2. The van der Waals surface area contributed by atoms with Gasteiger partial charge in [0, 0.05) is 51.1 Å². The molecular weight excluding hydrogens is 643 g/mol. The molecule has 15 heteroatoms. The Hall–Kier alpha value is -3.98. The number of alkyl halides is 6. The van der Waals surface area contributed by atoms with Crippen molar-refractivity contribution in [2.24, 2.45) is 5.92 Å². The SMILES string of the molecule is CC(=O)Nc1ccc(S(=O)(=O)N2CC[C@@H](C(=O)N(C)Cc3cc(C(F)(F)F)cc(C(F)(F)F)c3)[C@H](c3ccc(F)cc3C)C2)cc1. The largest absolute Gasteiger partial charge is 0.416 e. The van der Waals surface area contributed by atoms with Gasteiger partial charge < -0.3 is 10.2 Å². The van der Waals surface area contributed by atoms with E-state index >= 15 is 0 Å². The first-order valence-electron chi connectivity index (χ1n) is 13.9. The van der Waals surface area contributed by atoms with Crippen LogP contribution in [0.5, 0.6) is 0 Å². The molecular formula is C31H30F7N3O4S. The zero-order chi connectivity index (χ0) is 34.2. The molecule has 7 nitrogen and oxygen atoms in total. The fourth-order valence-corrected chi connectivity index (χ4v) is 7.10. The Morgan fingerprint density at radius 3 is 2.04 bits per heavy atom. The Bertz CT molecular complexity index is 1690. The van der Waals surface area contributed by atoms with E-state index in [-0.39, 0.29) is 36.4 Å². The smallest absolute Gasteiger partial charge is 0.341 e. The minimum Gasteiger partial charge on any atom is -0.341 e. The molecule has 3 aromatic carbocycles. The van der Waals surface area contributed by atoms with Crippen molar-refractivity contribution < 1.29 is 48.7 Å². The molecule has 2 atom stereocenters. The van der Waals surface area contributed by atoms with Gasteiger partial charge in [0.05, 0.1) is 16.0 Å². The van der Waals surface area contributed by atoms with E-state index in [9.17, 15) is 48.7 Å². The van der Waals surface area contributed by atoms with Gasteiger partial charge in [0.1, 0.15) is 5.82 Å². The number of piperidine rings is 1. The number of aryl methyl sites for hydroxylation is 1. The second kappa shape index (κ2) is 13.0. The van der Waals surface area contributed by atoms with E-state index in [4.69, 9.17) is 0 Å². The molecule has 0 aromatic heterocycles. The van der Waals surface area contributed by atoms with Crippen molar-refractivity contribution in [3.63, 3.8) is 0 Å². The van der Waals surface area contributed by atoms with Crippen molar-refractivity contribution >= 4 is 27.5 Å². The highest BCUT2D eigenvalue weighted by atomic mass is 32.2. The third-order valence-corrected chi connectivity index (χ3v) is 9.66. The van der Waals surface area contributed by atoms with Crippen LogP contribution in [0, 0.1) is 18.7 Å². The molecule has 0 bridgehead atoms. The summed E-state index contributed by atoms with van der Waals surface area (Å²) in [7, 11) is -2.88. The molecule has 1 fully saturated rings. The summed E-state index contributed by atoms with van der Waals surface area (Å²) in [6, 6.07) is 10.4. The number of sulfonamides is 1. The lowest BCUT2D eigenvalue weighted by Gasteiger charge is -2.39. The second-order valence-electron chi connectivity index (χ2n) is 11.2. The van der Waals surface area contributed by atoms with E-state index in [2.05, 4.69) is 5.32 Å². The Kier molecular flexibility index (Phi) is 9.88. The van der Waals surface area contributed by atoms with Gasteiger partial charge in [-0.15, -0.1) is 0 Å². The van der Waals surface area contributed by atoms with Crippen LogP contribution in [0.4, 0.5) is 36.4 Å². The molecule has 0 aliphatic carbocycles. The van der Waals surface area contributed by atoms with Crippen LogP contribution in [0.1, 0.15) is 47.1 Å². The van der Waals surface area contributed by atoms with Crippen molar-refractivity contribution in [2.45, 2.75) is 50.0 Å². The number of hydrogen-bond donors (Lipinski definition) is 1. The fourth-order valence-electron chi connectivity index (χ4n) is 5.61. The third kappa shape index (κ3) is 7.86. The van der Waals surface area contributed by atoms with Gasteiger partial charge in [-0.1, -0.05) is 6.07 Å². The average molecular weight is 674 g/mol. The number of carbonyl (C=O) groups is 2. The van der Waals surface area contributed by atoms with Crippen LogP contribution < -0.4 is 5.32 Å². The summed E-state index contributed by atoms with van der Waals surface area (Å²) in [6.45, 7) is 1.95. The Morgan fingerprint density at radius 1 is 0.935 bits per heavy atom. The van der Waals surface area contributed by atoms with Crippen LogP contribution >= 0.6 is 0 Å². The zero-order valence-electron chi connectivity index (χ0n) is 24.8. The molecule has 1 aliphatic heterocycles. The van der Waals surface area contributed by atoms with E-state index in [0.29, 0.717) is 28.9 Å². The quantitative estimate of drug-likeness (QED) is 0.287. The van der Waals surface area contributed by atoms with Crippen molar-refractivity contribution in [1.82, 2.24) is 9.21 Å². The first-order valence-corrected chi connectivity index (χ1v) is 15.4. The number of anilines is 1. The lowest BCUT2D eigenvalue weighted by molar-refractivity contribution is -0.143. The number of rotatable bonds is 7. The van der Waals surface area contributed by atoms with Gasteiger partial charge >= 0.3 is 12.4 Å². The van der Waals surface area contributed by atoms with Gasteiger partial charge in [0.25, 0.3) is 0 Å². The van der Waals surface area contributed by atoms with Crippen molar-refractivity contribution in [1.29, 1.82) is 0 Å². The highest BCUT2D eigenvalue weighted by Gasteiger charge is 2.42. The highest BCUT2D eigenvalue weighted by molar-refractivity contribution is 7.89. The van der Waals surface area contributed by atoms with Gasteiger partial charge in [0.2, 0.25) is 21.8 Å². The molecule has 3 aromatic rings. The molecule has 1 saturated heterocycles. The van der Waals surface area contributed by atoms with E-state index in [1.807, 2.05) is 0 Å². The molecule has 0 radical (unpaired) electrons. The van der Waals surface area contributed by atoms with Crippen LogP contribution in [0.15, 0.2) is 65.6 Å². The van der Waals surface area contributed by atoms with Crippen LogP contribution in [0.25, 0.3) is 0 Å². The predicted octanol–water partition coefficient (Wildman–Crippen LogP) is 6.58. The summed E-state index contributed by atoms with van der Waals surface area (Å²) in [5, 5.41) is 2.54. The van der Waals surface area contributed by atoms with E-state index < -0.39 is 69.2 Å². The summed E-state index contributed by atoms with van der Waals surface area (Å²) in [5.74, 6) is -3.30. The number of nitrogens with one attached hydrogen (secondary N) is 1. The maximum Gasteiger partial charge on any atom is 0.416 e. The molecule has 0 saturated carbocycles. The molecule has 0 unspecified atom stereocenters. The highest BCUT2D eigenvalue weighted by Crippen LogP contribution is 2.39. The lowest BCUT2D eigenvalue weighted by Crippen LogP contribution is -2.47. The summed E-state index contributed by atoms with van der Waals surface area (Å²) in [5.41, 5.74) is -2.15. The van der Waals surface area contributed by atoms with Gasteiger partial charge in [0.15, 0.2) is 0 Å². The molecule has 2 amide bonds. The minimum absolute atomic E-state index is 0.00219. The number of nitrogens with zero attached hydrogens (tertiary/aromatic N) is 2. The molecule has 1 N–H and O–H groups in total. The maximum absolute atomic E-state index is 14.0. The normalized spacial score (nSPS) is 17.9. The van der Waals surface area contributed by atoms with E-state index in [1.54, 1.807) is 6.92 Å². The molecule has 1 aliphatic rings. The van der Waals surface area contributed by atoms with Gasteiger partial charge in [-0.3, -0.25) is 9.59 Å². The number of halogens is 7. The monoisotopic (exact) mass is 673 g/mol. The van der Waals surface area contributed by atoms with Gasteiger partial charge in [-0.2, -0.15) is 30.6 Å². The topological polar surface area (TPSA) is 86.8 Å². The van der Waals surface area contributed by atoms with E-state index in [0.717, 1.165) is 11.0 Å². The zero-order valence-corrected chi connectivity index (χ0v) is 25.7. The molecule has 1 heterocycles. The van der Waals surface area contributed by atoms with Crippen LogP contribution in [0.3, 0.4) is 0 Å². The molecule has 0 spiro atoms. The molecule has 248 valence electrons. The second-order valence-corrected chi connectivity index (χ2v) is 13.1. The molecule has 46 heavy (non-hydrogen) atoms. The number of benzene rings is 3. The standard InChI is InChI=1S/C31H30F7N3O4S/c1-18-12-23(32)4-9-26(18)28-17-41(46(44,45)25-7-5-24(6-8-25)39-19(2)42)11-10-27(28)29(43)40(3)16-20-13-21(30(33,34)35)15-22(14-20)31(36,37)38/h4-9,12-15,27-28H,10-11,16-17H2,1-3H3,(H,39,42)/t27-,28+/m1/s1. The van der Waals surface area contributed by atoms with Crippen molar-refractivity contribution in [2.75, 3.05) is 25.5 Å². The molecule has 4 rings (SSSR count). The van der Waals surface area contributed by atoms with Crippen LogP contribution in [-0.2, 0) is 38.5 Å². The van der Waals surface area contributed by atoms with Crippen LogP contribution in [0.2, 0.25) is 0 Å². The Balaban J connectivity index is 1.65. The predicted molar refractivity (Wildman–Crippen MR) is 154 cm³/mol. The first-order chi connectivity index (χ1) is 21.3. The maximum atomic E-state index is 14.0. The lowest BCUT2D eigenvalue weighted by atomic mass is 9.79. The third-order valence-electron chi connectivity index (χ3n) is 7.78. The van der Waals surface area contributed by atoms with Gasteiger partial charge in [-0.05, 0) is 84.6 Å². The Labute approximate surface area is 261 Å². The van der Waals surface area contributed by atoms with Crippen molar-refractivity contribution in [3.8, 4) is 0 Å². The van der Waals surface area contributed by atoms with Crippen molar-refractivity contribution in [3.05, 3.63) is 94.3 Å². The van der Waals surface area contributed by atoms with Crippen LogP contribution in [-0.4, -0.2) is 49.6 Å². The first kappa shape index (κ1) is 34.9. The summed E-state index contributed by atoms with van der Waals surface area (Å²) in [4.78, 5) is 26.0. The number of amides is 2. The van der Waals surface area contributed by atoms with E-state index in [1.165, 1.54) is 54.7 Å². The Morgan fingerprint density at radius 2 is 1.52 bits per heavy atom. The fraction of sp³-hybridized carbons (Fsp3) is 0.355. The summed E-state index contributed by atoms with van der Waals surface area (Å²) >= 11 is 0. The van der Waals surface area contributed by atoms with Gasteiger partial charge in [-0.25, -0.2) is 12.8 Å². The number of hydrogen-bond acceptors (Lipinski definition) is 4. The summed E-state index contributed by atoms with van der Waals surface area (Å²) in [6.07, 6.45) is -10.2. The minimum atomic E-state index is -5.06. The summed E-state index contributed by atoms with van der Waals surface area (Å²) < 4.78 is 123.